The van der Waals surface area contributed by atoms with Gasteiger partial charge in [-0.15, -0.1) is 0 Å². The third kappa shape index (κ3) is 5.34. The van der Waals surface area contributed by atoms with Crippen LogP contribution < -0.4 is 4.74 Å². The summed E-state index contributed by atoms with van der Waals surface area (Å²) in [5, 5.41) is 0. The molecule has 4 rings (SSSR count). The Morgan fingerprint density at radius 3 is 2.59 bits per heavy atom. The first kappa shape index (κ1) is 22.4. The smallest absolute Gasteiger partial charge is 0.127 e. The van der Waals surface area contributed by atoms with Gasteiger partial charge in [-0.1, -0.05) is 18.2 Å². The zero-order chi connectivity index (χ0) is 22.3. The van der Waals surface area contributed by atoms with Crippen LogP contribution in [0.15, 0.2) is 54.9 Å². The lowest BCUT2D eigenvalue weighted by Gasteiger charge is -2.22. The molecule has 0 radical (unpaired) electrons. The predicted molar refractivity (Wildman–Crippen MR) is 123 cm³/mol. The molecule has 2 aromatic carbocycles. The lowest BCUT2D eigenvalue weighted by Crippen LogP contribution is -2.31. The average molecular weight is 441 g/mol. The van der Waals surface area contributed by atoms with Crippen molar-refractivity contribution in [1.29, 1.82) is 0 Å². The Kier molecular flexibility index (Phi) is 7.50. The van der Waals surface area contributed by atoms with E-state index < -0.39 is 0 Å². The van der Waals surface area contributed by atoms with Crippen LogP contribution in [0.25, 0.3) is 11.0 Å². The van der Waals surface area contributed by atoms with Gasteiger partial charge in [0.05, 0.1) is 31.0 Å². The Bertz CT molecular complexity index is 1070. The van der Waals surface area contributed by atoms with Crippen molar-refractivity contribution in [3.8, 4) is 5.75 Å². The number of rotatable bonds is 8. The minimum absolute atomic E-state index is 0.192. The molecular weight excluding hydrogens is 410 g/mol. The minimum Gasteiger partial charge on any atom is -0.497 e. The van der Waals surface area contributed by atoms with Crippen molar-refractivity contribution in [3.63, 3.8) is 0 Å². The van der Waals surface area contributed by atoms with E-state index in [0.717, 1.165) is 56.0 Å². The molecule has 32 heavy (non-hydrogen) atoms. The van der Waals surface area contributed by atoms with Crippen LogP contribution in [0.1, 0.15) is 24.2 Å². The number of hydrogen-bond acceptors (Lipinski definition) is 4. The van der Waals surface area contributed by atoms with Crippen LogP contribution in [0.3, 0.4) is 0 Å². The summed E-state index contributed by atoms with van der Waals surface area (Å²) >= 11 is 0. The molecule has 0 N–H and O–H groups in total. The Hall–Kier alpha value is -2.77. The van der Waals surface area contributed by atoms with Gasteiger partial charge < -0.3 is 9.30 Å². The Labute approximate surface area is 187 Å². The van der Waals surface area contributed by atoms with E-state index in [1.54, 1.807) is 25.3 Å². The summed E-state index contributed by atoms with van der Waals surface area (Å²) < 4.78 is 34.2. The monoisotopic (exact) mass is 440 g/mol. The molecule has 1 aromatic heterocycles. The predicted octanol–water partition coefficient (Wildman–Crippen LogP) is 4.77. The summed E-state index contributed by atoms with van der Waals surface area (Å²) in [7, 11) is 1.60. The van der Waals surface area contributed by atoms with E-state index in [1.807, 2.05) is 18.2 Å². The van der Waals surface area contributed by atoms with Crippen molar-refractivity contribution in [2.24, 2.45) is 0 Å². The van der Waals surface area contributed by atoms with Crippen LogP contribution in [0.2, 0.25) is 0 Å². The second-order valence-corrected chi connectivity index (χ2v) is 8.18. The van der Waals surface area contributed by atoms with E-state index in [2.05, 4.69) is 20.4 Å². The van der Waals surface area contributed by atoms with E-state index in [9.17, 15) is 8.78 Å². The number of methoxy groups -OCH3 is 1. The summed E-state index contributed by atoms with van der Waals surface area (Å²) in [6, 6.07) is 13.0. The van der Waals surface area contributed by atoms with Gasteiger partial charge in [0.2, 0.25) is 0 Å². The van der Waals surface area contributed by atoms with Gasteiger partial charge in [-0.3, -0.25) is 9.80 Å². The van der Waals surface area contributed by atoms with Gasteiger partial charge in [0.1, 0.15) is 17.4 Å². The van der Waals surface area contributed by atoms with Crippen LogP contribution in [0.5, 0.6) is 5.75 Å². The van der Waals surface area contributed by atoms with Crippen molar-refractivity contribution in [3.05, 3.63) is 72.1 Å². The number of halogens is 2. The number of hydrogen-bond donors (Lipinski definition) is 0. The zero-order valence-corrected chi connectivity index (χ0v) is 18.5. The average Bonchev–Trinajstić information content (AvgIpc) is 2.99. The maximum atomic E-state index is 14.3. The Morgan fingerprint density at radius 1 is 1.03 bits per heavy atom. The molecule has 0 aliphatic carbocycles. The summed E-state index contributed by atoms with van der Waals surface area (Å²) in [4.78, 5) is 9.57. The highest BCUT2D eigenvalue weighted by molar-refractivity contribution is 5.75. The van der Waals surface area contributed by atoms with E-state index in [-0.39, 0.29) is 5.82 Å². The number of para-hydroxylation sites is 2. The Morgan fingerprint density at radius 2 is 1.81 bits per heavy atom. The molecule has 1 fully saturated rings. The number of aromatic nitrogens is 2. The van der Waals surface area contributed by atoms with Gasteiger partial charge in [0.25, 0.3) is 0 Å². The van der Waals surface area contributed by atoms with E-state index in [0.29, 0.717) is 37.2 Å². The van der Waals surface area contributed by atoms with Gasteiger partial charge in [0, 0.05) is 31.7 Å². The molecule has 1 aliphatic rings. The molecule has 7 heteroatoms. The molecule has 0 unspecified atom stereocenters. The fourth-order valence-electron chi connectivity index (χ4n) is 4.34. The largest absolute Gasteiger partial charge is 0.497 e. The van der Waals surface area contributed by atoms with E-state index in [4.69, 9.17) is 9.72 Å². The quantitative estimate of drug-likeness (QED) is 0.506. The molecule has 1 aliphatic heterocycles. The molecule has 170 valence electrons. The minimum atomic E-state index is -0.192. The first-order valence-corrected chi connectivity index (χ1v) is 11.1. The van der Waals surface area contributed by atoms with Gasteiger partial charge in [-0.2, -0.15) is 0 Å². The maximum absolute atomic E-state index is 14.3. The maximum Gasteiger partial charge on any atom is 0.127 e. The molecule has 0 atom stereocenters. The fraction of sp³-hybridized carbons (Fsp3) is 0.400. The lowest BCUT2D eigenvalue weighted by molar-refractivity contribution is 0.240. The molecule has 0 bridgehead atoms. The topological polar surface area (TPSA) is 33.5 Å². The summed E-state index contributed by atoms with van der Waals surface area (Å²) in [5.74, 6) is 1.49. The van der Waals surface area contributed by atoms with Crippen molar-refractivity contribution in [1.82, 2.24) is 19.4 Å². The van der Waals surface area contributed by atoms with Crippen molar-refractivity contribution in [2.75, 3.05) is 33.3 Å². The number of imidazole rings is 1. The third-order valence-electron chi connectivity index (χ3n) is 6.04. The second-order valence-electron chi connectivity index (χ2n) is 8.18. The highest BCUT2D eigenvalue weighted by Gasteiger charge is 2.19. The number of ether oxygens (including phenoxy) is 1. The molecule has 3 aromatic rings. The van der Waals surface area contributed by atoms with Crippen molar-refractivity contribution < 1.29 is 13.5 Å². The molecule has 1 saturated heterocycles. The normalized spacial score (nSPS) is 16.1. The van der Waals surface area contributed by atoms with Crippen LogP contribution in [-0.4, -0.2) is 52.6 Å². The highest BCUT2D eigenvalue weighted by Crippen LogP contribution is 2.21. The molecule has 2 heterocycles. The van der Waals surface area contributed by atoms with Gasteiger partial charge >= 0.3 is 0 Å². The number of benzene rings is 2. The summed E-state index contributed by atoms with van der Waals surface area (Å²) in [5.41, 5.74) is 2.72. The molecule has 5 nitrogen and oxygen atoms in total. The molecule has 0 amide bonds. The van der Waals surface area contributed by atoms with Crippen molar-refractivity contribution >= 4 is 11.0 Å². The van der Waals surface area contributed by atoms with E-state index >= 15 is 0 Å². The van der Waals surface area contributed by atoms with Crippen LogP contribution >= 0.6 is 0 Å². The SMILES string of the molecule is COc1ccc(F)c(CN2CCCN(Cc3nc4ccccc4n3CC/C=C/F)CC2)c1. The number of fused-ring (bicyclic) bond motifs is 1. The number of nitrogens with zero attached hydrogens (tertiary/aromatic N) is 4. The molecule has 0 spiro atoms. The second kappa shape index (κ2) is 10.7. The van der Waals surface area contributed by atoms with Crippen LogP contribution in [0, 0.1) is 5.82 Å². The Balaban J connectivity index is 1.43. The number of allylic oxidation sites excluding steroid dienone is 1. The van der Waals surface area contributed by atoms with Gasteiger partial charge in [-0.25, -0.2) is 13.8 Å². The van der Waals surface area contributed by atoms with Crippen molar-refractivity contribution in [2.45, 2.75) is 32.5 Å². The van der Waals surface area contributed by atoms with Gasteiger partial charge in [-0.05, 0) is 56.3 Å². The fourth-order valence-corrected chi connectivity index (χ4v) is 4.34. The van der Waals surface area contributed by atoms with Gasteiger partial charge in [0.15, 0.2) is 0 Å². The molecule has 0 saturated carbocycles. The standard InChI is InChI=1S/C25H30F2N4O/c1-32-21-9-10-22(27)20(17-21)18-29-12-6-13-30(16-15-29)19-25-28-23-7-2-3-8-24(23)31(25)14-5-4-11-26/h2-4,7-11,17H,5-6,12-16,18-19H2,1H3/b11-4+. The first-order valence-electron chi connectivity index (χ1n) is 11.1. The summed E-state index contributed by atoms with van der Waals surface area (Å²) in [6.45, 7) is 5.65. The summed E-state index contributed by atoms with van der Waals surface area (Å²) in [6.07, 6.45) is 3.79. The first-order chi connectivity index (χ1) is 15.7. The lowest BCUT2D eigenvalue weighted by atomic mass is 10.2. The zero-order valence-electron chi connectivity index (χ0n) is 18.5. The highest BCUT2D eigenvalue weighted by atomic mass is 19.1. The van der Waals surface area contributed by atoms with Crippen LogP contribution in [-0.2, 0) is 19.6 Å². The van der Waals surface area contributed by atoms with Crippen LogP contribution in [0.4, 0.5) is 8.78 Å². The third-order valence-corrected chi connectivity index (χ3v) is 6.04. The van der Waals surface area contributed by atoms with E-state index in [1.165, 1.54) is 6.07 Å². The molecular formula is C25H30F2N4O. The number of aryl methyl sites for hydroxylation is 1.